The van der Waals surface area contributed by atoms with Gasteiger partial charge in [-0.25, -0.2) is 4.98 Å². The van der Waals surface area contributed by atoms with Gasteiger partial charge in [0.1, 0.15) is 11.5 Å². The topological polar surface area (TPSA) is 101 Å². The second-order valence-electron chi connectivity index (χ2n) is 3.78. The molecule has 0 atom stereocenters. The molecule has 0 spiro atoms. The van der Waals surface area contributed by atoms with E-state index in [1.54, 1.807) is 13.8 Å². The number of nitrogens with zero attached hydrogens (tertiary/aromatic N) is 2. The molecule has 2 N–H and O–H groups in total. The van der Waals surface area contributed by atoms with Gasteiger partial charge in [0.05, 0.1) is 11.9 Å². The molecule has 2 heterocycles. The van der Waals surface area contributed by atoms with E-state index in [1.165, 1.54) is 6.20 Å². The Hall–Kier alpha value is -2.44. The standard InChI is InChI=1S/C11H12N4O3/c1-6-8(7(2)18-15-6)3-14-11(17)9-4-13-10(16)5-12-9/h4-5H,3H2,1-2H3,(H,13,16)(H,14,17). The maximum atomic E-state index is 11.7. The molecule has 0 saturated carbocycles. The van der Waals surface area contributed by atoms with Crippen molar-refractivity contribution >= 4 is 5.91 Å². The third-order valence-corrected chi connectivity index (χ3v) is 2.51. The lowest BCUT2D eigenvalue weighted by atomic mass is 10.2. The summed E-state index contributed by atoms with van der Waals surface area (Å²) in [5.74, 6) is 0.300. The molecule has 2 rings (SSSR count). The number of hydrogen-bond acceptors (Lipinski definition) is 5. The van der Waals surface area contributed by atoms with Gasteiger partial charge in [0.2, 0.25) is 0 Å². The van der Waals surface area contributed by atoms with Crippen molar-refractivity contribution in [3.63, 3.8) is 0 Å². The number of nitrogens with one attached hydrogen (secondary N) is 2. The van der Waals surface area contributed by atoms with Gasteiger partial charge >= 0.3 is 0 Å². The first kappa shape index (κ1) is 12.0. The van der Waals surface area contributed by atoms with Gasteiger partial charge in [-0.15, -0.1) is 0 Å². The molecule has 0 radical (unpaired) electrons. The molecule has 0 saturated heterocycles. The molecule has 2 aromatic rings. The Morgan fingerprint density at radius 3 is 2.83 bits per heavy atom. The summed E-state index contributed by atoms with van der Waals surface area (Å²) in [4.78, 5) is 28.6. The van der Waals surface area contributed by atoms with Crippen molar-refractivity contribution in [3.8, 4) is 0 Å². The highest BCUT2D eigenvalue weighted by molar-refractivity contribution is 5.91. The fourth-order valence-corrected chi connectivity index (χ4v) is 1.48. The molecule has 7 nitrogen and oxygen atoms in total. The van der Waals surface area contributed by atoms with Crippen molar-refractivity contribution in [2.24, 2.45) is 0 Å². The predicted octanol–water partition coefficient (Wildman–Crippen LogP) is 0.305. The highest BCUT2D eigenvalue weighted by Gasteiger charge is 2.12. The maximum absolute atomic E-state index is 11.7. The van der Waals surface area contributed by atoms with Crippen LogP contribution in [0.1, 0.15) is 27.5 Å². The van der Waals surface area contributed by atoms with Crippen LogP contribution in [0.4, 0.5) is 0 Å². The van der Waals surface area contributed by atoms with Crippen molar-refractivity contribution in [1.29, 1.82) is 0 Å². The first-order valence-corrected chi connectivity index (χ1v) is 5.32. The zero-order valence-electron chi connectivity index (χ0n) is 9.98. The molecule has 7 heteroatoms. The van der Waals surface area contributed by atoms with Crippen molar-refractivity contribution in [1.82, 2.24) is 20.4 Å². The molecule has 0 unspecified atom stereocenters. The lowest BCUT2D eigenvalue weighted by Gasteiger charge is -2.03. The van der Waals surface area contributed by atoms with Crippen LogP contribution >= 0.6 is 0 Å². The molecule has 94 valence electrons. The van der Waals surface area contributed by atoms with Crippen LogP contribution in [0.15, 0.2) is 21.7 Å². The lowest BCUT2D eigenvalue weighted by Crippen LogP contribution is -2.25. The molecule has 0 aromatic carbocycles. The SMILES string of the molecule is Cc1noc(C)c1CNC(=O)c1c[nH]c(=O)cn1. The van der Waals surface area contributed by atoms with Crippen LogP contribution in [-0.2, 0) is 6.54 Å². The van der Waals surface area contributed by atoms with Crippen LogP contribution in [0.3, 0.4) is 0 Å². The number of aromatic nitrogens is 3. The number of carbonyl (C=O) groups excluding carboxylic acids is 1. The summed E-state index contributed by atoms with van der Waals surface area (Å²) >= 11 is 0. The molecular formula is C11H12N4O3. The van der Waals surface area contributed by atoms with Crippen LogP contribution < -0.4 is 10.9 Å². The molecule has 18 heavy (non-hydrogen) atoms. The van der Waals surface area contributed by atoms with Crippen LogP contribution in [-0.4, -0.2) is 21.0 Å². The molecule has 0 aliphatic rings. The number of aromatic amines is 1. The van der Waals surface area contributed by atoms with Crippen LogP contribution in [0.2, 0.25) is 0 Å². The number of amides is 1. The van der Waals surface area contributed by atoms with Gasteiger partial charge in [-0.1, -0.05) is 5.16 Å². The van der Waals surface area contributed by atoms with Crippen LogP contribution in [0, 0.1) is 13.8 Å². The molecule has 0 aliphatic heterocycles. The van der Waals surface area contributed by atoms with Crippen molar-refractivity contribution in [3.05, 3.63) is 45.5 Å². The van der Waals surface area contributed by atoms with E-state index >= 15 is 0 Å². The average Bonchev–Trinajstić information content (AvgIpc) is 2.67. The largest absolute Gasteiger partial charge is 0.361 e. The number of rotatable bonds is 3. The summed E-state index contributed by atoms with van der Waals surface area (Å²) in [7, 11) is 0. The third-order valence-electron chi connectivity index (χ3n) is 2.51. The van der Waals surface area contributed by atoms with E-state index in [-0.39, 0.29) is 17.2 Å². The maximum Gasteiger partial charge on any atom is 0.271 e. The van der Waals surface area contributed by atoms with Crippen molar-refractivity contribution in [2.75, 3.05) is 0 Å². The van der Waals surface area contributed by atoms with Gasteiger partial charge < -0.3 is 14.8 Å². The smallest absolute Gasteiger partial charge is 0.271 e. The van der Waals surface area contributed by atoms with Gasteiger partial charge in [0, 0.05) is 18.3 Å². The predicted molar refractivity (Wildman–Crippen MR) is 62.0 cm³/mol. The van der Waals surface area contributed by atoms with Gasteiger partial charge in [-0.05, 0) is 13.8 Å². The van der Waals surface area contributed by atoms with E-state index in [4.69, 9.17) is 4.52 Å². The fourth-order valence-electron chi connectivity index (χ4n) is 1.48. The van der Waals surface area contributed by atoms with Crippen LogP contribution in [0.25, 0.3) is 0 Å². The minimum absolute atomic E-state index is 0.154. The second kappa shape index (κ2) is 4.82. The summed E-state index contributed by atoms with van der Waals surface area (Å²) in [6, 6.07) is 0. The third kappa shape index (κ3) is 2.45. The fraction of sp³-hybridized carbons (Fsp3) is 0.273. The van der Waals surface area contributed by atoms with E-state index in [0.29, 0.717) is 12.3 Å². The molecule has 2 aromatic heterocycles. The number of hydrogen-bond donors (Lipinski definition) is 2. The zero-order valence-corrected chi connectivity index (χ0v) is 9.98. The average molecular weight is 248 g/mol. The zero-order chi connectivity index (χ0) is 13.1. The summed E-state index contributed by atoms with van der Waals surface area (Å²) in [6.45, 7) is 3.89. The molecule has 1 amide bonds. The molecule has 0 aliphatic carbocycles. The Balaban J connectivity index is 2.05. The van der Waals surface area contributed by atoms with Crippen LogP contribution in [0.5, 0.6) is 0 Å². The number of aryl methyl sites for hydroxylation is 2. The Morgan fingerprint density at radius 2 is 2.28 bits per heavy atom. The van der Waals surface area contributed by atoms with Gasteiger partial charge in [0.15, 0.2) is 0 Å². The van der Waals surface area contributed by atoms with E-state index in [9.17, 15) is 9.59 Å². The van der Waals surface area contributed by atoms with E-state index < -0.39 is 0 Å². The quantitative estimate of drug-likeness (QED) is 0.813. The van der Waals surface area contributed by atoms with Gasteiger partial charge in [-0.2, -0.15) is 0 Å². The van der Waals surface area contributed by atoms with Crippen molar-refractivity contribution < 1.29 is 9.32 Å². The lowest BCUT2D eigenvalue weighted by molar-refractivity contribution is 0.0945. The number of carbonyl (C=O) groups is 1. The second-order valence-corrected chi connectivity index (χ2v) is 3.78. The Morgan fingerprint density at radius 1 is 1.50 bits per heavy atom. The highest BCUT2D eigenvalue weighted by Crippen LogP contribution is 2.11. The summed E-state index contributed by atoms with van der Waals surface area (Å²) in [6.07, 6.45) is 2.33. The molecular weight excluding hydrogens is 236 g/mol. The first-order valence-electron chi connectivity index (χ1n) is 5.32. The van der Waals surface area contributed by atoms with E-state index in [0.717, 1.165) is 17.5 Å². The normalized spacial score (nSPS) is 10.3. The molecule has 0 fully saturated rings. The first-order chi connectivity index (χ1) is 8.58. The Kier molecular flexibility index (Phi) is 3.22. The minimum atomic E-state index is -0.369. The van der Waals surface area contributed by atoms with E-state index in [2.05, 4.69) is 20.4 Å². The summed E-state index contributed by atoms with van der Waals surface area (Å²) in [5, 5.41) is 6.47. The minimum Gasteiger partial charge on any atom is -0.361 e. The number of H-pyrrole nitrogens is 1. The Labute approximate surface area is 102 Å². The Bertz CT molecular complexity index is 589. The highest BCUT2D eigenvalue weighted by atomic mass is 16.5. The summed E-state index contributed by atoms with van der Waals surface area (Å²) < 4.78 is 4.98. The summed E-state index contributed by atoms with van der Waals surface area (Å²) in [5.41, 5.74) is 1.38. The molecule has 0 bridgehead atoms. The van der Waals surface area contributed by atoms with Gasteiger partial charge in [0.25, 0.3) is 11.5 Å². The van der Waals surface area contributed by atoms with Crippen molar-refractivity contribution in [2.45, 2.75) is 20.4 Å². The monoisotopic (exact) mass is 248 g/mol. The van der Waals surface area contributed by atoms with Gasteiger partial charge in [-0.3, -0.25) is 9.59 Å². The van der Waals surface area contributed by atoms with E-state index in [1.807, 2.05) is 0 Å².